The van der Waals surface area contributed by atoms with E-state index < -0.39 is 18.2 Å². The molecule has 2 aromatic heterocycles. The van der Waals surface area contributed by atoms with Crippen molar-refractivity contribution in [3.8, 4) is 11.4 Å². The fourth-order valence-corrected chi connectivity index (χ4v) is 3.46. The highest BCUT2D eigenvalue weighted by Gasteiger charge is 2.37. The van der Waals surface area contributed by atoms with E-state index in [1.165, 1.54) is 11.1 Å². The molecular weight excluding hydrogens is 424 g/mol. The second kappa shape index (κ2) is 9.47. The lowest BCUT2D eigenvalue weighted by atomic mass is 10.2. The number of carbonyl (C=O) groups excluding carboxylic acids is 1. The molecule has 0 spiro atoms. The van der Waals surface area contributed by atoms with Crippen molar-refractivity contribution in [2.24, 2.45) is 5.73 Å². The monoisotopic (exact) mass is 448 g/mol. The summed E-state index contributed by atoms with van der Waals surface area (Å²) in [4.78, 5) is 42.2. The Balaban J connectivity index is 1.61. The van der Waals surface area contributed by atoms with Gasteiger partial charge in [-0.05, 0) is 37.5 Å². The summed E-state index contributed by atoms with van der Waals surface area (Å²) < 4.78 is 0. The number of benzene rings is 1. The average Bonchev–Trinajstić information content (AvgIpc) is 3.64. The standard InChI is InChI=1S/C22H24N8O3/c1-2-17(30(22(32)33)15-7-8-15)28-21-26-12-16(18(23)31)20(29-21)27-14-6-3-5-13(11-14)19-24-9-4-10-25-19/h3-6,9-12,15,17H,2,7-8H2,1H3,(H2,23,31)(H,32,33)(H2,26,27,28,29). The molecule has 1 atom stereocenters. The molecule has 3 aromatic rings. The van der Waals surface area contributed by atoms with E-state index >= 15 is 0 Å². The summed E-state index contributed by atoms with van der Waals surface area (Å²) in [6.07, 6.45) is 5.32. The third-order valence-corrected chi connectivity index (χ3v) is 5.18. The Bertz CT molecular complexity index is 1150. The van der Waals surface area contributed by atoms with Gasteiger partial charge in [0, 0.05) is 35.9 Å². The Kier molecular flexibility index (Phi) is 6.29. The van der Waals surface area contributed by atoms with Crippen LogP contribution in [0.5, 0.6) is 0 Å². The predicted molar refractivity (Wildman–Crippen MR) is 122 cm³/mol. The van der Waals surface area contributed by atoms with Crippen LogP contribution in [0.2, 0.25) is 0 Å². The zero-order chi connectivity index (χ0) is 23.4. The van der Waals surface area contributed by atoms with E-state index in [9.17, 15) is 14.7 Å². The topological polar surface area (TPSA) is 159 Å². The van der Waals surface area contributed by atoms with Gasteiger partial charge >= 0.3 is 6.09 Å². The number of primary amides is 1. The molecule has 33 heavy (non-hydrogen) atoms. The smallest absolute Gasteiger partial charge is 0.409 e. The first kappa shape index (κ1) is 21.9. The van der Waals surface area contributed by atoms with E-state index in [2.05, 4.69) is 30.6 Å². The molecule has 1 aliphatic rings. The minimum atomic E-state index is -0.996. The second-order valence-electron chi connectivity index (χ2n) is 7.59. The van der Waals surface area contributed by atoms with Crippen molar-refractivity contribution in [1.82, 2.24) is 24.8 Å². The molecule has 4 rings (SSSR count). The molecule has 2 amide bonds. The van der Waals surface area contributed by atoms with E-state index in [1.54, 1.807) is 24.5 Å². The molecule has 1 fully saturated rings. The number of rotatable bonds is 9. The number of amides is 2. The van der Waals surface area contributed by atoms with E-state index in [-0.39, 0.29) is 23.4 Å². The summed E-state index contributed by atoms with van der Waals surface area (Å²) in [6.45, 7) is 1.88. The molecule has 0 bridgehead atoms. The summed E-state index contributed by atoms with van der Waals surface area (Å²) in [5, 5.41) is 15.8. The first-order valence-electron chi connectivity index (χ1n) is 10.6. The lowest BCUT2D eigenvalue weighted by molar-refractivity contribution is 0.100. The molecule has 170 valence electrons. The van der Waals surface area contributed by atoms with Crippen LogP contribution < -0.4 is 16.4 Å². The van der Waals surface area contributed by atoms with E-state index in [4.69, 9.17) is 5.73 Å². The SMILES string of the molecule is CCC(Nc1ncc(C(N)=O)c(Nc2cccc(-c3ncccn3)c2)n1)N(C(=O)O)C1CC1. The Morgan fingerprint density at radius 3 is 2.61 bits per heavy atom. The van der Waals surface area contributed by atoms with Gasteiger partial charge in [0.15, 0.2) is 5.82 Å². The van der Waals surface area contributed by atoms with Gasteiger partial charge in [-0.25, -0.2) is 19.7 Å². The zero-order valence-electron chi connectivity index (χ0n) is 18.0. The summed E-state index contributed by atoms with van der Waals surface area (Å²) in [5.41, 5.74) is 7.04. The summed E-state index contributed by atoms with van der Waals surface area (Å²) in [5.74, 6) is 0.253. The molecule has 1 saturated carbocycles. The number of nitrogens with two attached hydrogens (primary N) is 1. The normalized spacial score (nSPS) is 13.7. The number of nitrogens with zero attached hydrogens (tertiary/aromatic N) is 5. The van der Waals surface area contributed by atoms with Crippen LogP contribution in [-0.4, -0.2) is 54.2 Å². The van der Waals surface area contributed by atoms with Crippen molar-refractivity contribution < 1.29 is 14.7 Å². The summed E-state index contributed by atoms with van der Waals surface area (Å²) >= 11 is 0. The number of carbonyl (C=O) groups is 2. The van der Waals surface area contributed by atoms with Crippen molar-refractivity contribution in [1.29, 1.82) is 0 Å². The van der Waals surface area contributed by atoms with Crippen LogP contribution in [0.3, 0.4) is 0 Å². The van der Waals surface area contributed by atoms with Crippen molar-refractivity contribution in [3.05, 3.63) is 54.5 Å². The van der Waals surface area contributed by atoms with Crippen molar-refractivity contribution in [3.63, 3.8) is 0 Å². The number of hydrogen-bond acceptors (Lipinski definition) is 8. The largest absolute Gasteiger partial charge is 0.465 e. The van der Waals surface area contributed by atoms with Gasteiger partial charge in [-0.15, -0.1) is 0 Å². The predicted octanol–water partition coefficient (Wildman–Crippen LogP) is 3.07. The zero-order valence-corrected chi connectivity index (χ0v) is 18.0. The quantitative estimate of drug-likeness (QED) is 0.361. The Morgan fingerprint density at radius 2 is 1.97 bits per heavy atom. The second-order valence-corrected chi connectivity index (χ2v) is 7.59. The van der Waals surface area contributed by atoms with Gasteiger partial charge < -0.3 is 21.5 Å². The summed E-state index contributed by atoms with van der Waals surface area (Å²) in [7, 11) is 0. The molecule has 1 unspecified atom stereocenters. The third kappa shape index (κ3) is 5.14. The molecule has 2 heterocycles. The Hall–Kier alpha value is -4.28. The van der Waals surface area contributed by atoms with Crippen molar-refractivity contribution in [2.75, 3.05) is 10.6 Å². The molecule has 1 aromatic carbocycles. The van der Waals surface area contributed by atoms with Gasteiger partial charge in [0.05, 0.1) is 0 Å². The van der Waals surface area contributed by atoms with Crippen LogP contribution in [-0.2, 0) is 0 Å². The Morgan fingerprint density at radius 1 is 1.21 bits per heavy atom. The number of nitrogens with one attached hydrogen (secondary N) is 2. The minimum Gasteiger partial charge on any atom is -0.465 e. The maximum atomic E-state index is 12.0. The van der Waals surface area contributed by atoms with Crippen LogP contribution in [0.1, 0.15) is 36.5 Å². The number of carboxylic acid groups (broad SMARTS) is 1. The first-order valence-corrected chi connectivity index (χ1v) is 10.6. The maximum Gasteiger partial charge on any atom is 0.409 e. The maximum absolute atomic E-state index is 12.0. The van der Waals surface area contributed by atoms with Gasteiger partial charge in [-0.3, -0.25) is 9.69 Å². The van der Waals surface area contributed by atoms with Gasteiger partial charge in [-0.2, -0.15) is 4.98 Å². The van der Waals surface area contributed by atoms with E-state index in [1.807, 2.05) is 25.1 Å². The fraction of sp³-hybridized carbons (Fsp3) is 0.273. The minimum absolute atomic E-state index is 0.00890. The molecular formula is C22H24N8O3. The van der Waals surface area contributed by atoms with Crippen LogP contribution >= 0.6 is 0 Å². The van der Waals surface area contributed by atoms with Gasteiger partial charge in [0.2, 0.25) is 5.95 Å². The van der Waals surface area contributed by atoms with E-state index in [0.29, 0.717) is 17.9 Å². The van der Waals surface area contributed by atoms with Crippen LogP contribution in [0.25, 0.3) is 11.4 Å². The molecule has 11 nitrogen and oxygen atoms in total. The fourth-order valence-electron chi connectivity index (χ4n) is 3.46. The van der Waals surface area contributed by atoms with Crippen molar-refractivity contribution >= 4 is 29.5 Å². The van der Waals surface area contributed by atoms with Gasteiger partial charge in [0.25, 0.3) is 5.91 Å². The van der Waals surface area contributed by atoms with E-state index in [0.717, 1.165) is 18.4 Å². The molecule has 5 N–H and O–H groups in total. The molecule has 1 aliphatic carbocycles. The molecule has 0 saturated heterocycles. The van der Waals surface area contributed by atoms with Crippen molar-refractivity contribution in [2.45, 2.75) is 38.4 Å². The van der Waals surface area contributed by atoms with Gasteiger partial charge in [0.1, 0.15) is 17.5 Å². The number of anilines is 3. The first-order chi connectivity index (χ1) is 16.0. The third-order valence-electron chi connectivity index (χ3n) is 5.18. The number of hydrogen-bond donors (Lipinski definition) is 4. The number of aromatic nitrogens is 4. The van der Waals surface area contributed by atoms with Crippen LogP contribution in [0, 0.1) is 0 Å². The lowest BCUT2D eigenvalue weighted by Crippen LogP contribution is -2.45. The Labute approximate surface area is 190 Å². The lowest BCUT2D eigenvalue weighted by Gasteiger charge is -2.29. The average molecular weight is 448 g/mol. The molecule has 0 aliphatic heterocycles. The van der Waals surface area contributed by atoms with Crippen LogP contribution in [0.4, 0.5) is 22.2 Å². The van der Waals surface area contributed by atoms with Crippen LogP contribution in [0.15, 0.2) is 48.9 Å². The molecule has 11 heteroatoms. The molecule has 0 radical (unpaired) electrons. The highest BCUT2D eigenvalue weighted by atomic mass is 16.4. The highest BCUT2D eigenvalue weighted by molar-refractivity contribution is 5.98. The highest BCUT2D eigenvalue weighted by Crippen LogP contribution is 2.30. The van der Waals surface area contributed by atoms with Gasteiger partial charge in [-0.1, -0.05) is 19.1 Å². The summed E-state index contributed by atoms with van der Waals surface area (Å²) in [6, 6.07) is 9.05.